The van der Waals surface area contributed by atoms with Crippen molar-refractivity contribution in [2.75, 3.05) is 19.6 Å². The number of rotatable bonds is 9. The summed E-state index contributed by atoms with van der Waals surface area (Å²) < 4.78 is 6.05. The summed E-state index contributed by atoms with van der Waals surface area (Å²) >= 11 is 1.63. The number of nitrogens with one attached hydrogen (secondary N) is 1. The minimum absolute atomic E-state index is 0.0199. The van der Waals surface area contributed by atoms with E-state index in [1.165, 1.54) is 4.88 Å². The Kier molecular flexibility index (Phi) is 8.20. The number of piperidine rings is 1. The molecule has 2 aromatic rings. The van der Waals surface area contributed by atoms with Gasteiger partial charge in [0.05, 0.1) is 11.6 Å². The Hall–Kier alpha value is -2.70. The molecule has 0 bridgehead atoms. The lowest BCUT2D eigenvalue weighted by Gasteiger charge is -2.37. The van der Waals surface area contributed by atoms with Crippen molar-refractivity contribution in [3.05, 3.63) is 88.6 Å². The van der Waals surface area contributed by atoms with E-state index in [0.717, 1.165) is 48.4 Å². The molecule has 1 aliphatic heterocycles. The third-order valence-corrected chi connectivity index (χ3v) is 6.52. The van der Waals surface area contributed by atoms with Crippen molar-refractivity contribution < 1.29 is 9.53 Å². The quantitative estimate of drug-likeness (QED) is 0.445. The first-order chi connectivity index (χ1) is 15.0. The number of amides is 1. The fourth-order valence-electron chi connectivity index (χ4n) is 4.02. The van der Waals surface area contributed by atoms with Crippen LogP contribution in [0.5, 0.6) is 0 Å². The molecule has 1 aromatic carbocycles. The predicted octanol–water partition coefficient (Wildman–Crippen LogP) is 4.97. The van der Waals surface area contributed by atoms with E-state index < -0.39 is 0 Å². The molecule has 1 unspecified atom stereocenters. The summed E-state index contributed by atoms with van der Waals surface area (Å²) in [4.78, 5) is 20.8. The Morgan fingerprint density at radius 2 is 2.03 bits per heavy atom. The number of hydrogen-bond acceptors (Lipinski definition) is 5. The van der Waals surface area contributed by atoms with Crippen LogP contribution in [0.15, 0.2) is 67.1 Å². The minimum atomic E-state index is -0.0199. The van der Waals surface area contributed by atoms with E-state index in [0.29, 0.717) is 6.54 Å². The smallest absolute Gasteiger partial charge is 0.251 e. The van der Waals surface area contributed by atoms with E-state index in [1.807, 2.05) is 49.8 Å². The highest BCUT2D eigenvalue weighted by Crippen LogP contribution is 2.28. The molecule has 0 spiro atoms. The standard InChI is InChI=1S/C25H31N3O2S/c1-5-8-20(6-2)30-21-11-13-28(14-12-21)22(23-16-26-17-31-23)15-27-25(29)24-18(3)9-7-10-19(24)4/h5-10,16-17,21-22H,1-2,11-15H2,3-4H3,(H,27,29)/b20-8+. The number of nitrogens with zero attached hydrogens (tertiary/aromatic N) is 2. The van der Waals surface area contributed by atoms with E-state index in [9.17, 15) is 4.79 Å². The predicted molar refractivity (Wildman–Crippen MR) is 127 cm³/mol. The SMILES string of the molecule is C=C/C=C(\C=C)OC1CCN(C(CNC(=O)c2c(C)cccc2C)c2cncs2)CC1. The number of carbonyl (C=O) groups excluding carboxylic acids is 1. The van der Waals surface area contributed by atoms with E-state index in [1.54, 1.807) is 23.5 Å². The molecule has 1 N–H and O–H groups in total. The van der Waals surface area contributed by atoms with Gasteiger partial charge in [0.15, 0.2) is 0 Å². The van der Waals surface area contributed by atoms with Crippen LogP contribution in [-0.4, -0.2) is 41.5 Å². The van der Waals surface area contributed by atoms with Crippen LogP contribution >= 0.6 is 11.3 Å². The first kappa shape index (κ1) is 23.0. The Bertz CT molecular complexity index is 908. The van der Waals surface area contributed by atoms with Gasteiger partial charge in [-0.15, -0.1) is 11.3 Å². The summed E-state index contributed by atoms with van der Waals surface area (Å²) in [7, 11) is 0. The van der Waals surface area contributed by atoms with Crippen LogP contribution in [-0.2, 0) is 4.74 Å². The maximum absolute atomic E-state index is 12.9. The van der Waals surface area contributed by atoms with Gasteiger partial charge in [0, 0.05) is 36.3 Å². The monoisotopic (exact) mass is 437 g/mol. The molecular weight excluding hydrogens is 406 g/mol. The van der Waals surface area contributed by atoms with Gasteiger partial charge < -0.3 is 10.1 Å². The first-order valence-corrected chi connectivity index (χ1v) is 11.5. The normalized spacial score (nSPS) is 16.5. The average Bonchev–Trinajstić information content (AvgIpc) is 3.29. The number of benzene rings is 1. The fraction of sp³-hybridized carbons (Fsp3) is 0.360. The number of likely N-dealkylation sites (tertiary alicyclic amines) is 1. The van der Waals surface area contributed by atoms with Crippen LogP contribution in [0, 0.1) is 13.8 Å². The van der Waals surface area contributed by atoms with Crippen molar-refractivity contribution >= 4 is 17.2 Å². The Morgan fingerprint density at radius 3 is 2.61 bits per heavy atom. The molecule has 1 amide bonds. The number of ether oxygens (including phenoxy) is 1. The summed E-state index contributed by atoms with van der Waals surface area (Å²) in [5, 5.41) is 3.17. The summed E-state index contributed by atoms with van der Waals surface area (Å²) in [6.45, 7) is 13.8. The largest absolute Gasteiger partial charge is 0.490 e. The Labute approximate surface area is 189 Å². The zero-order valence-electron chi connectivity index (χ0n) is 18.3. The number of thiazole rings is 1. The molecular formula is C25H31N3O2S. The Balaban J connectivity index is 1.65. The van der Waals surface area contributed by atoms with Gasteiger partial charge in [0.25, 0.3) is 5.91 Å². The molecule has 1 aromatic heterocycles. The molecule has 5 nitrogen and oxygen atoms in total. The molecule has 31 heavy (non-hydrogen) atoms. The highest BCUT2D eigenvalue weighted by Gasteiger charge is 2.28. The fourth-order valence-corrected chi connectivity index (χ4v) is 4.77. The van der Waals surface area contributed by atoms with Gasteiger partial charge in [-0.05, 0) is 50.0 Å². The molecule has 0 saturated carbocycles. The maximum atomic E-state index is 12.9. The lowest BCUT2D eigenvalue weighted by molar-refractivity contribution is 0.0393. The van der Waals surface area contributed by atoms with Gasteiger partial charge in [-0.3, -0.25) is 14.7 Å². The second-order valence-corrected chi connectivity index (χ2v) is 8.68. The van der Waals surface area contributed by atoms with Crippen molar-refractivity contribution in [1.29, 1.82) is 0 Å². The van der Waals surface area contributed by atoms with E-state index >= 15 is 0 Å². The first-order valence-electron chi connectivity index (χ1n) is 10.6. The van der Waals surface area contributed by atoms with Crippen LogP contribution < -0.4 is 5.32 Å². The molecule has 1 saturated heterocycles. The van der Waals surface area contributed by atoms with Crippen LogP contribution in [0.2, 0.25) is 0 Å². The molecule has 164 valence electrons. The summed E-state index contributed by atoms with van der Waals surface area (Å²) in [6, 6.07) is 6.04. The van der Waals surface area contributed by atoms with Crippen LogP contribution in [0.4, 0.5) is 0 Å². The topological polar surface area (TPSA) is 54.5 Å². The van der Waals surface area contributed by atoms with Gasteiger partial charge in [0.2, 0.25) is 0 Å². The zero-order chi connectivity index (χ0) is 22.2. The van der Waals surface area contributed by atoms with E-state index in [4.69, 9.17) is 4.74 Å². The third-order valence-electron chi connectivity index (χ3n) is 5.65. The van der Waals surface area contributed by atoms with Crippen molar-refractivity contribution in [3.8, 4) is 0 Å². The van der Waals surface area contributed by atoms with Crippen LogP contribution in [0.3, 0.4) is 0 Å². The highest BCUT2D eigenvalue weighted by atomic mass is 32.1. The zero-order valence-corrected chi connectivity index (χ0v) is 19.2. The van der Waals surface area contributed by atoms with Crippen LogP contribution in [0.25, 0.3) is 0 Å². The molecule has 2 heterocycles. The molecule has 1 fully saturated rings. The number of aryl methyl sites for hydroxylation is 2. The summed E-state index contributed by atoms with van der Waals surface area (Å²) in [6.07, 6.45) is 9.17. The van der Waals surface area contributed by atoms with E-state index in [2.05, 4.69) is 28.4 Å². The number of carbonyl (C=O) groups is 1. The average molecular weight is 438 g/mol. The maximum Gasteiger partial charge on any atom is 0.251 e. The van der Waals surface area contributed by atoms with Crippen LogP contribution in [0.1, 0.15) is 45.2 Å². The third kappa shape index (κ3) is 5.93. The second-order valence-electron chi connectivity index (χ2n) is 7.76. The lowest BCUT2D eigenvalue weighted by Crippen LogP contribution is -2.43. The number of allylic oxidation sites excluding steroid dienone is 3. The highest BCUT2D eigenvalue weighted by molar-refractivity contribution is 7.09. The van der Waals surface area contributed by atoms with Gasteiger partial charge in [-0.25, -0.2) is 0 Å². The minimum Gasteiger partial charge on any atom is -0.490 e. The molecule has 1 aliphatic rings. The van der Waals surface area contributed by atoms with Crippen molar-refractivity contribution in [2.24, 2.45) is 0 Å². The van der Waals surface area contributed by atoms with E-state index in [-0.39, 0.29) is 18.1 Å². The summed E-state index contributed by atoms with van der Waals surface area (Å²) in [5.74, 6) is 0.738. The lowest BCUT2D eigenvalue weighted by atomic mass is 10.0. The number of aromatic nitrogens is 1. The second kappa shape index (κ2) is 11.1. The van der Waals surface area contributed by atoms with Gasteiger partial charge >= 0.3 is 0 Å². The molecule has 0 radical (unpaired) electrons. The Morgan fingerprint density at radius 1 is 1.32 bits per heavy atom. The number of hydrogen-bond donors (Lipinski definition) is 1. The molecule has 3 rings (SSSR count). The van der Waals surface area contributed by atoms with Gasteiger partial charge in [0.1, 0.15) is 11.9 Å². The van der Waals surface area contributed by atoms with Crippen molar-refractivity contribution in [2.45, 2.75) is 38.8 Å². The molecule has 0 aliphatic carbocycles. The van der Waals surface area contributed by atoms with Gasteiger partial charge in [-0.1, -0.05) is 37.4 Å². The van der Waals surface area contributed by atoms with Gasteiger partial charge in [-0.2, -0.15) is 0 Å². The molecule has 6 heteroatoms. The molecule has 1 atom stereocenters. The van der Waals surface area contributed by atoms with Crippen molar-refractivity contribution in [3.63, 3.8) is 0 Å². The van der Waals surface area contributed by atoms with Crippen molar-refractivity contribution in [1.82, 2.24) is 15.2 Å². The summed E-state index contributed by atoms with van der Waals surface area (Å²) in [5.41, 5.74) is 4.61.